The minimum atomic E-state index is 0.855. The van der Waals surface area contributed by atoms with Crippen LogP contribution in [0.3, 0.4) is 0 Å². The number of para-hydroxylation sites is 1. The monoisotopic (exact) mass is 237 g/mol. The summed E-state index contributed by atoms with van der Waals surface area (Å²) in [4.78, 5) is 2.39. The van der Waals surface area contributed by atoms with Crippen molar-refractivity contribution in [2.75, 3.05) is 31.2 Å². The molecule has 17 heavy (non-hydrogen) atoms. The summed E-state index contributed by atoms with van der Waals surface area (Å²) in [6.45, 7) is 13.9. The number of aryl methyl sites for hydroxylation is 1. The molecule has 1 heterocycles. The molecule has 0 saturated carbocycles. The quantitative estimate of drug-likeness (QED) is 0.735. The first-order valence-corrected chi connectivity index (χ1v) is 6.76. The van der Waals surface area contributed by atoms with E-state index >= 15 is 0 Å². The van der Waals surface area contributed by atoms with Gasteiger partial charge in [-0.1, -0.05) is 45.9 Å². The van der Waals surface area contributed by atoms with Gasteiger partial charge >= 0.3 is 0 Å². The molecule has 0 radical (unpaired) electrons. The van der Waals surface area contributed by atoms with Crippen LogP contribution in [-0.2, 0) is 4.74 Å². The van der Waals surface area contributed by atoms with Crippen LogP contribution in [0.2, 0.25) is 0 Å². The molecule has 1 aromatic rings. The Bertz CT molecular complexity index is 280. The number of hydrogen-bond donors (Lipinski definition) is 0. The van der Waals surface area contributed by atoms with Crippen molar-refractivity contribution < 1.29 is 4.74 Å². The number of anilines is 1. The van der Waals surface area contributed by atoms with Crippen LogP contribution in [0.5, 0.6) is 0 Å². The highest BCUT2D eigenvalue weighted by molar-refractivity contribution is 5.53. The summed E-state index contributed by atoms with van der Waals surface area (Å²) in [5, 5.41) is 0. The molecule has 0 aliphatic carbocycles. The molecule has 1 aliphatic heterocycles. The number of benzene rings is 1. The van der Waals surface area contributed by atoms with Crippen molar-refractivity contribution in [1.29, 1.82) is 0 Å². The van der Waals surface area contributed by atoms with Crippen LogP contribution < -0.4 is 4.90 Å². The van der Waals surface area contributed by atoms with E-state index in [1.54, 1.807) is 0 Å². The molecule has 0 aromatic heterocycles. The van der Waals surface area contributed by atoms with Crippen LogP contribution in [-0.4, -0.2) is 26.3 Å². The Morgan fingerprint density at radius 1 is 0.941 bits per heavy atom. The van der Waals surface area contributed by atoms with E-state index in [0.717, 1.165) is 26.3 Å². The highest BCUT2D eigenvalue weighted by atomic mass is 16.5. The first-order chi connectivity index (χ1) is 8.38. The maximum Gasteiger partial charge on any atom is 0.0642 e. The third kappa shape index (κ3) is 5.22. The van der Waals surface area contributed by atoms with Gasteiger partial charge < -0.3 is 9.64 Å². The van der Waals surface area contributed by atoms with E-state index in [0.29, 0.717) is 0 Å². The number of hydrogen-bond acceptors (Lipinski definition) is 2. The van der Waals surface area contributed by atoms with Gasteiger partial charge in [0.1, 0.15) is 0 Å². The molecule has 0 unspecified atom stereocenters. The zero-order valence-electron chi connectivity index (χ0n) is 12.0. The zero-order chi connectivity index (χ0) is 13.1. The Labute approximate surface area is 107 Å². The van der Waals surface area contributed by atoms with Gasteiger partial charge in [0, 0.05) is 18.8 Å². The van der Waals surface area contributed by atoms with Crippen molar-refractivity contribution in [2.24, 2.45) is 0 Å². The van der Waals surface area contributed by atoms with Gasteiger partial charge in [-0.05, 0) is 18.6 Å². The van der Waals surface area contributed by atoms with Crippen molar-refractivity contribution in [3.05, 3.63) is 29.8 Å². The average molecular weight is 237 g/mol. The summed E-state index contributed by atoms with van der Waals surface area (Å²) in [5.74, 6) is 0. The van der Waals surface area contributed by atoms with E-state index in [9.17, 15) is 0 Å². The van der Waals surface area contributed by atoms with Crippen LogP contribution in [0, 0.1) is 6.92 Å². The van der Waals surface area contributed by atoms with E-state index in [1.165, 1.54) is 11.3 Å². The molecule has 0 atom stereocenters. The van der Waals surface area contributed by atoms with Crippen LogP contribution >= 0.6 is 0 Å². The SMILES string of the molecule is CC.CC.Cc1ccccc1N1CCOCC1. The Kier molecular flexibility index (Phi) is 9.55. The van der Waals surface area contributed by atoms with Gasteiger partial charge in [0.25, 0.3) is 0 Å². The lowest BCUT2D eigenvalue weighted by molar-refractivity contribution is 0.122. The van der Waals surface area contributed by atoms with E-state index in [2.05, 4.69) is 36.1 Å². The minimum Gasteiger partial charge on any atom is -0.378 e. The molecule has 0 bridgehead atoms. The molecule has 1 aliphatic rings. The Balaban J connectivity index is 0.000000581. The molecule has 1 saturated heterocycles. The topological polar surface area (TPSA) is 12.5 Å². The lowest BCUT2D eigenvalue weighted by Gasteiger charge is -2.30. The predicted molar refractivity (Wildman–Crippen MR) is 76.9 cm³/mol. The van der Waals surface area contributed by atoms with Crippen LogP contribution in [0.1, 0.15) is 33.3 Å². The number of morpholine rings is 1. The molecule has 2 nitrogen and oxygen atoms in total. The van der Waals surface area contributed by atoms with Crippen molar-refractivity contribution in [2.45, 2.75) is 34.6 Å². The molecule has 1 aromatic carbocycles. The minimum absolute atomic E-state index is 0.855. The van der Waals surface area contributed by atoms with Gasteiger partial charge in [-0.3, -0.25) is 0 Å². The van der Waals surface area contributed by atoms with Crippen molar-refractivity contribution in [3.8, 4) is 0 Å². The molecule has 2 heteroatoms. The summed E-state index contributed by atoms with van der Waals surface area (Å²) in [5.41, 5.74) is 2.70. The second-order valence-electron chi connectivity index (χ2n) is 3.39. The lowest BCUT2D eigenvalue weighted by Crippen LogP contribution is -2.36. The van der Waals surface area contributed by atoms with E-state index in [1.807, 2.05) is 27.7 Å². The lowest BCUT2D eigenvalue weighted by atomic mass is 10.2. The third-order valence-electron chi connectivity index (χ3n) is 2.47. The number of nitrogens with zero attached hydrogens (tertiary/aromatic N) is 1. The standard InChI is InChI=1S/C11H15NO.2C2H6/c1-10-4-2-3-5-11(10)12-6-8-13-9-7-12;2*1-2/h2-5H,6-9H2,1H3;2*1-2H3. The van der Waals surface area contributed by atoms with Gasteiger partial charge in [-0.2, -0.15) is 0 Å². The van der Waals surface area contributed by atoms with Gasteiger partial charge in [-0.25, -0.2) is 0 Å². The summed E-state index contributed by atoms with van der Waals surface area (Å²) in [6.07, 6.45) is 0. The second-order valence-corrected chi connectivity index (χ2v) is 3.39. The summed E-state index contributed by atoms with van der Waals surface area (Å²) >= 11 is 0. The second kappa shape index (κ2) is 10.2. The molecule has 0 amide bonds. The highest BCUT2D eigenvalue weighted by Gasteiger charge is 2.11. The molecule has 0 spiro atoms. The van der Waals surface area contributed by atoms with Gasteiger partial charge in [0.2, 0.25) is 0 Å². The fourth-order valence-electron chi connectivity index (χ4n) is 1.72. The Hall–Kier alpha value is -1.02. The summed E-state index contributed by atoms with van der Waals surface area (Å²) in [7, 11) is 0. The fraction of sp³-hybridized carbons (Fsp3) is 0.600. The predicted octanol–water partition coefficient (Wildman–Crippen LogP) is 3.88. The average Bonchev–Trinajstić information content (AvgIpc) is 2.45. The van der Waals surface area contributed by atoms with Gasteiger partial charge in [-0.15, -0.1) is 0 Å². The molecule has 1 fully saturated rings. The third-order valence-corrected chi connectivity index (χ3v) is 2.47. The molecule has 98 valence electrons. The van der Waals surface area contributed by atoms with Crippen molar-refractivity contribution in [1.82, 2.24) is 0 Å². The van der Waals surface area contributed by atoms with Gasteiger partial charge in [0.05, 0.1) is 13.2 Å². The summed E-state index contributed by atoms with van der Waals surface area (Å²) in [6, 6.07) is 8.52. The Morgan fingerprint density at radius 3 is 2.00 bits per heavy atom. The normalized spacial score (nSPS) is 14.1. The maximum atomic E-state index is 5.32. The number of ether oxygens (including phenoxy) is 1. The zero-order valence-corrected chi connectivity index (χ0v) is 12.0. The van der Waals surface area contributed by atoms with Gasteiger partial charge in [0.15, 0.2) is 0 Å². The summed E-state index contributed by atoms with van der Waals surface area (Å²) < 4.78 is 5.32. The molecule has 0 N–H and O–H groups in total. The van der Waals surface area contributed by atoms with Crippen LogP contribution in [0.4, 0.5) is 5.69 Å². The molecular formula is C15H27NO. The molecule has 2 rings (SSSR count). The maximum absolute atomic E-state index is 5.32. The first kappa shape index (κ1) is 16.0. The van der Waals surface area contributed by atoms with Crippen LogP contribution in [0.25, 0.3) is 0 Å². The van der Waals surface area contributed by atoms with E-state index in [4.69, 9.17) is 4.74 Å². The first-order valence-electron chi connectivity index (χ1n) is 6.76. The number of rotatable bonds is 1. The van der Waals surface area contributed by atoms with Crippen LogP contribution in [0.15, 0.2) is 24.3 Å². The van der Waals surface area contributed by atoms with Crippen molar-refractivity contribution >= 4 is 5.69 Å². The smallest absolute Gasteiger partial charge is 0.0642 e. The van der Waals surface area contributed by atoms with E-state index in [-0.39, 0.29) is 0 Å². The molecular weight excluding hydrogens is 210 g/mol. The van der Waals surface area contributed by atoms with E-state index < -0.39 is 0 Å². The fourth-order valence-corrected chi connectivity index (χ4v) is 1.72. The van der Waals surface area contributed by atoms with Crippen molar-refractivity contribution in [3.63, 3.8) is 0 Å². The Morgan fingerprint density at radius 2 is 1.47 bits per heavy atom. The largest absolute Gasteiger partial charge is 0.378 e. The highest BCUT2D eigenvalue weighted by Crippen LogP contribution is 2.19.